The Kier molecular flexibility index (Phi) is 4.78. The molecule has 3 aromatic rings. The van der Waals surface area contributed by atoms with Gasteiger partial charge in [-0.1, -0.05) is 59.8 Å². The van der Waals surface area contributed by atoms with Crippen LogP contribution in [-0.4, -0.2) is 9.97 Å². The molecular weight excluding hydrogens is 304 g/mol. The summed E-state index contributed by atoms with van der Waals surface area (Å²) in [7, 11) is 0. The molecule has 0 bridgehead atoms. The van der Waals surface area contributed by atoms with Gasteiger partial charge in [0, 0.05) is 11.4 Å². The van der Waals surface area contributed by atoms with Crippen LogP contribution in [0.3, 0.4) is 0 Å². The molecule has 3 rings (SSSR count). The number of anilines is 2. The van der Waals surface area contributed by atoms with E-state index < -0.39 is 0 Å². The molecule has 1 heterocycles. The number of hydrogen-bond acceptors (Lipinski definition) is 5. The van der Waals surface area contributed by atoms with Crippen LogP contribution in [0.1, 0.15) is 11.1 Å². The van der Waals surface area contributed by atoms with Crippen molar-refractivity contribution in [2.24, 2.45) is 0 Å². The molecule has 4 nitrogen and oxygen atoms in total. The summed E-state index contributed by atoms with van der Waals surface area (Å²) < 4.78 is 0. The third kappa shape index (κ3) is 4.02. The average Bonchev–Trinajstić information content (AvgIpc) is 2.58. The largest absolute Gasteiger partial charge is 0.394 e. The van der Waals surface area contributed by atoms with Crippen LogP contribution in [0.5, 0.6) is 0 Å². The highest BCUT2D eigenvalue weighted by Crippen LogP contribution is 2.32. The summed E-state index contributed by atoms with van der Waals surface area (Å²) in [6.45, 7) is 2.75. The van der Waals surface area contributed by atoms with E-state index in [0.29, 0.717) is 18.1 Å². The van der Waals surface area contributed by atoms with Gasteiger partial charge in [-0.15, -0.1) is 0 Å². The van der Waals surface area contributed by atoms with Gasteiger partial charge in [0.2, 0.25) is 0 Å². The fraction of sp³-hybridized carbons (Fsp3) is 0.111. The van der Waals surface area contributed by atoms with Gasteiger partial charge in [-0.2, -0.15) is 0 Å². The number of aromatic nitrogens is 2. The molecule has 0 spiro atoms. The monoisotopic (exact) mass is 322 g/mol. The molecule has 3 N–H and O–H groups in total. The fourth-order valence-electron chi connectivity index (χ4n) is 2.09. The van der Waals surface area contributed by atoms with Crippen molar-refractivity contribution >= 4 is 23.3 Å². The van der Waals surface area contributed by atoms with Crippen molar-refractivity contribution < 1.29 is 0 Å². The Morgan fingerprint density at radius 1 is 1.00 bits per heavy atom. The van der Waals surface area contributed by atoms with Gasteiger partial charge < -0.3 is 11.1 Å². The van der Waals surface area contributed by atoms with Crippen LogP contribution < -0.4 is 11.1 Å². The minimum atomic E-state index is 0.577. The molecule has 0 aliphatic carbocycles. The number of benzene rings is 2. The molecule has 0 fully saturated rings. The second-order valence-electron chi connectivity index (χ2n) is 5.20. The van der Waals surface area contributed by atoms with Crippen molar-refractivity contribution in [2.45, 2.75) is 23.4 Å². The van der Waals surface area contributed by atoms with Crippen molar-refractivity contribution in [1.82, 2.24) is 9.97 Å². The van der Waals surface area contributed by atoms with Crippen LogP contribution in [0.4, 0.5) is 11.5 Å². The zero-order valence-corrected chi connectivity index (χ0v) is 13.7. The van der Waals surface area contributed by atoms with Gasteiger partial charge in [0.25, 0.3) is 0 Å². The molecule has 23 heavy (non-hydrogen) atoms. The van der Waals surface area contributed by atoms with Crippen molar-refractivity contribution in [2.75, 3.05) is 11.1 Å². The van der Waals surface area contributed by atoms with E-state index in [1.807, 2.05) is 30.3 Å². The molecule has 0 unspecified atom stereocenters. The predicted molar refractivity (Wildman–Crippen MR) is 95.5 cm³/mol. The van der Waals surface area contributed by atoms with Crippen LogP contribution in [0.25, 0.3) is 0 Å². The first-order chi connectivity index (χ1) is 11.2. The number of nitrogens with two attached hydrogens (primary N) is 1. The third-order valence-corrected chi connectivity index (χ3v) is 4.41. The van der Waals surface area contributed by atoms with Gasteiger partial charge in [-0.25, -0.2) is 9.97 Å². The normalized spacial score (nSPS) is 10.5. The molecule has 0 atom stereocenters. The summed E-state index contributed by atoms with van der Waals surface area (Å²) >= 11 is 1.54. The van der Waals surface area contributed by atoms with Gasteiger partial charge in [-0.05, 0) is 24.6 Å². The molecule has 2 aromatic carbocycles. The minimum Gasteiger partial charge on any atom is -0.394 e. The van der Waals surface area contributed by atoms with E-state index in [-0.39, 0.29) is 0 Å². The second kappa shape index (κ2) is 7.15. The van der Waals surface area contributed by atoms with E-state index in [4.69, 9.17) is 5.73 Å². The van der Waals surface area contributed by atoms with Gasteiger partial charge in [0.1, 0.15) is 17.0 Å². The molecule has 0 aliphatic rings. The summed E-state index contributed by atoms with van der Waals surface area (Å²) in [5, 5.41) is 4.05. The van der Waals surface area contributed by atoms with Gasteiger partial charge in [0.15, 0.2) is 5.82 Å². The summed E-state index contributed by atoms with van der Waals surface area (Å²) in [4.78, 5) is 9.64. The lowest BCUT2D eigenvalue weighted by Gasteiger charge is -2.11. The van der Waals surface area contributed by atoms with Crippen molar-refractivity contribution in [3.63, 3.8) is 0 Å². The van der Waals surface area contributed by atoms with Crippen molar-refractivity contribution in [1.29, 1.82) is 0 Å². The maximum Gasteiger partial charge on any atom is 0.154 e. The second-order valence-corrected chi connectivity index (χ2v) is 6.26. The lowest BCUT2D eigenvalue weighted by Crippen LogP contribution is -2.06. The number of rotatable bonds is 5. The van der Waals surface area contributed by atoms with Crippen molar-refractivity contribution in [3.05, 3.63) is 72.1 Å². The van der Waals surface area contributed by atoms with E-state index in [1.165, 1.54) is 22.9 Å². The van der Waals surface area contributed by atoms with Crippen molar-refractivity contribution in [3.8, 4) is 0 Å². The average molecular weight is 322 g/mol. The summed E-state index contributed by atoms with van der Waals surface area (Å²) in [5.74, 6) is 0.666. The number of nitrogens with one attached hydrogen (secondary N) is 1. The molecule has 0 saturated heterocycles. The number of nitrogen functional groups attached to an aromatic ring is 1. The van der Waals surface area contributed by atoms with Crippen LogP contribution in [0.15, 0.2) is 70.8 Å². The Morgan fingerprint density at radius 3 is 2.48 bits per heavy atom. The molecule has 1 aromatic heterocycles. The first kappa shape index (κ1) is 15.4. The number of nitrogens with zero attached hydrogens (tertiary/aromatic N) is 2. The summed E-state index contributed by atoms with van der Waals surface area (Å²) in [6, 6.07) is 18.4. The minimum absolute atomic E-state index is 0.577. The summed E-state index contributed by atoms with van der Waals surface area (Å²) in [6.07, 6.45) is 1.54. The highest BCUT2D eigenvalue weighted by atomic mass is 32.2. The van der Waals surface area contributed by atoms with E-state index in [1.54, 1.807) is 6.33 Å². The maximum atomic E-state index is 6.21. The molecule has 0 aliphatic heterocycles. The standard InChI is InChI=1S/C18H18N4S/c1-13-7-9-14(10-8-13)11-20-17-16(19)18(22-12-21-17)23-15-5-3-2-4-6-15/h2-10,12H,11,19H2,1H3,(H,20,21,22). The van der Waals surface area contributed by atoms with E-state index >= 15 is 0 Å². The van der Waals surface area contributed by atoms with E-state index in [9.17, 15) is 0 Å². The number of hydrogen-bond donors (Lipinski definition) is 2. The van der Waals surface area contributed by atoms with Gasteiger partial charge in [-0.3, -0.25) is 0 Å². The van der Waals surface area contributed by atoms with Crippen LogP contribution >= 0.6 is 11.8 Å². The molecule has 5 heteroatoms. The summed E-state index contributed by atoms with van der Waals surface area (Å²) in [5.41, 5.74) is 9.22. The highest BCUT2D eigenvalue weighted by Gasteiger charge is 2.09. The Labute approximate surface area is 140 Å². The van der Waals surface area contributed by atoms with Crippen LogP contribution in [0, 0.1) is 6.92 Å². The van der Waals surface area contributed by atoms with Crippen LogP contribution in [-0.2, 0) is 6.54 Å². The molecule has 0 amide bonds. The Hall–Kier alpha value is -2.53. The Morgan fingerprint density at radius 2 is 1.74 bits per heavy atom. The smallest absolute Gasteiger partial charge is 0.154 e. The maximum absolute atomic E-state index is 6.21. The first-order valence-electron chi connectivity index (χ1n) is 7.35. The van der Waals surface area contributed by atoms with E-state index in [2.05, 4.69) is 46.5 Å². The highest BCUT2D eigenvalue weighted by molar-refractivity contribution is 7.99. The predicted octanol–water partition coefficient (Wildman–Crippen LogP) is 4.13. The zero-order chi connectivity index (χ0) is 16.1. The zero-order valence-electron chi connectivity index (χ0n) is 12.9. The first-order valence-corrected chi connectivity index (χ1v) is 8.17. The molecule has 0 saturated carbocycles. The lowest BCUT2D eigenvalue weighted by atomic mass is 10.1. The number of aryl methyl sites for hydroxylation is 1. The topological polar surface area (TPSA) is 63.8 Å². The Balaban J connectivity index is 1.73. The fourth-order valence-corrected chi connectivity index (χ4v) is 2.92. The third-order valence-electron chi connectivity index (χ3n) is 3.39. The lowest BCUT2D eigenvalue weighted by molar-refractivity contribution is 1.03. The van der Waals surface area contributed by atoms with Gasteiger partial charge in [0.05, 0.1) is 0 Å². The molecule has 116 valence electrons. The molecular formula is C18H18N4S. The van der Waals surface area contributed by atoms with Crippen LogP contribution in [0.2, 0.25) is 0 Å². The molecule has 0 radical (unpaired) electrons. The van der Waals surface area contributed by atoms with E-state index in [0.717, 1.165) is 9.92 Å². The quantitative estimate of drug-likeness (QED) is 0.692. The SMILES string of the molecule is Cc1ccc(CNc2ncnc(Sc3ccccc3)c2N)cc1. The van der Waals surface area contributed by atoms with Gasteiger partial charge >= 0.3 is 0 Å². The Bertz CT molecular complexity index is 773.